The molecule has 25 heavy (non-hydrogen) atoms. The molecule has 0 saturated carbocycles. The number of nitrogens with zero attached hydrogens (tertiary/aromatic N) is 1. The van der Waals surface area contributed by atoms with Crippen LogP contribution in [0.3, 0.4) is 0 Å². The van der Waals surface area contributed by atoms with Crippen LogP contribution in [0, 0.1) is 12.7 Å². The Labute approximate surface area is 154 Å². The Morgan fingerprint density at radius 3 is 2.72 bits per heavy atom. The third-order valence-corrected chi connectivity index (χ3v) is 5.23. The van der Waals surface area contributed by atoms with Gasteiger partial charge in [0, 0.05) is 13.1 Å². The molecule has 6 heteroatoms. The summed E-state index contributed by atoms with van der Waals surface area (Å²) in [6.07, 6.45) is 0.748. The number of halogens is 2. The lowest BCUT2D eigenvalue weighted by Crippen LogP contribution is -2.38. The van der Waals surface area contributed by atoms with Crippen LogP contribution in [0.15, 0.2) is 34.8 Å². The van der Waals surface area contributed by atoms with E-state index in [1.54, 1.807) is 13.2 Å². The predicted molar refractivity (Wildman–Crippen MR) is 96.3 cm³/mol. The Hall–Kier alpha value is -1.92. The van der Waals surface area contributed by atoms with Crippen LogP contribution in [-0.2, 0) is 17.8 Å². The van der Waals surface area contributed by atoms with E-state index in [2.05, 4.69) is 22.0 Å². The maximum absolute atomic E-state index is 13.5. The normalized spacial score (nSPS) is 15.5. The van der Waals surface area contributed by atoms with Crippen molar-refractivity contribution < 1.29 is 19.0 Å². The van der Waals surface area contributed by atoms with E-state index in [4.69, 9.17) is 4.74 Å². The second kappa shape index (κ2) is 7.14. The van der Waals surface area contributed by atoms with Crippen molar-refractivity contribution in [3.05, 3.63) is 62.9 Å². The highest BCUT2D eigenvalue weighted by Gasteiger charge is 2.31. The number of aryl methyl sites for hydroxylation is 1. The van der Waals surface area contributed by atoms with E-state index in [1.165, 1.54) is 17.7 Å². The molecule has 132 valence electrons. The van der Waals surface area contributed by atoms with Crippen molar-refractivity contribution in [1.82, 2.24) is 4.90 Å². The molecule has 1 heterocycles. The number of hydrogen-bond acceptors (Lipinski definition) is 3. The van der Waals surface area contributed by atoms with Gasteiger partial charge in [0.05, 0.1) is 11.6 Å². The first-order valence-corrected chi connectivity index (χ1v) is 8.78. The number of carboxylic acids is 1. The fourth-order valence-electron chi connectivity index (χ4n) is 3.36. The summed E-state index contributed by atoms with van der Waals surface area (Å²) in [4.78, 5) is 13.8. The number of rotatable bonds is 4. The van der Waals surface area contributed by atoms with Crippen LogP contribution in [0.25, 0.3) is 0 Å². The second-order valence-electron chi connectivity index (χ2n) is 6.23. The van der Waals surface area contributed by atoms with E-state index in [1.807, 2.05) is 17.9 Å². The highest BCUT2D eigenvalue weighted by atomic mass is 79.9. The molecule has 0 aromatic heterocycles. The lowest BCUT2D eigenvalue weighted by molar-refractivity contribution is -0.144. The van der Waals surface area contributed by atoms with Gasteiger partial charge >= 0.3 is 5.97 Å². The molecule has 1 N–H and O–H groups in total. The average molecular weight is 408 g/mol. The van der Waals surface area contributed by atoms with E-state index in [-0.39, 0.29) is 4.47 Å². The van der Waals surface area contributed by atoms with Gasteiger partial charge in [-0.2, -0.15) is 0 Å². The molecule has 0 spiro atoms. The smallest absolute Gasteiger partial charge is 0.325 e. The number of ether oxygens (including phenoxy) is 1. The zero-order valence-electron chi connectivity index (χ0n) is 14.1. The molecule has 1 aliphatic rings. The third-order valence-electron chi connectivity index (χ3n) is 4.62. The van der Waals surface area contributed by atoms with Crippen LogP contribution in [0.2, 0.25) is 0 Å². The first kappa shape index (κ1) is 17.9. The first-order chi connectivity index (χ1) is 11.9. The molecule has 0 radical (unpaired) electrons. The van der Waals surface area contributed by atoms with E-state index in [0.29, 0.717) is 18.7 Å². The lowest BCUT2D eigenvalue weighted by Gasteiger charge is -2.34. The number of carboxylic acid groups (broad SMARTS) is 1. The van der Waals surface area contributed by atoms with Gasteiger partial charge in [0.1, 0.15) is 17.6 Å². The molecule has 0 bridgehead atoms. The Balaban J connectivity index is 1.93. The number of hydrogen-bond donors (Lipinski definition) is 1. The van der Waals surface area contributed by atoms with Crippen LogP contribution in [0.1, 0.15) is 28.3 Å². The van der Waals surface area contributed by atoms with Crippen molar-refractivity contribution in [3.63, 3.8) is 0 Å². The minimum atomic E-state index is -0.938. The van der Waals surface area contributed by atoms with Crippen LogP contribution in [0.5, 0.6) is 5.75 Å². The Bertz CT molecular complexity index is 825. The fourth-order valence-corrected chi connectivity index (χ4v) is 3.76. The quantitative estimate of drug-likeness (QED) is 0.828. The lowest BCUT2D eigenvalue weighted by atomic mass is 9.94. The molecule has 4 nitrogen and oxygen atoms in total. The summed E-state index contributed by atoms with van der Waals surface area (Å²) < 4.78 is 19.1. The summed E-state index contributed by atoms with van der Waals surface area (Å²) in [5.74, 6) is -0.490. The summed E-state index contributed by atoms with van der Waals surface area (Å²) in [6, 6.07) is 7.65. The topological polar surface area (TPSA) is 49.8 Å². The maximum Gasteiger partial charge on any atom is 0.325 e. The molecular formula is C19H19BrFNO3. The van der Waals surface area contributed by atoms with Crippen LogP contribution >= 0.6 is 15.9 Å². The van der Waals surface area contributed by atoms with Gasteiger partial charge in [-0.25, -0.2) is 4.39 Å². The van der Waals surface area contributed by atoms with Gasteiger partial charge in [0.2, 0.25) is 0 Å². The highest BCUT2D eigenvalue weighted by molar-refractivity contribution is 9.10. The maximum atomic E-state index is 13.5. The molecule has 1 unspecified atom stereocenters. The molecule has 0 fully saturated rings. The van der Waals surface area contributed by atoms with Crippen molar-refractivity contribution in [2.24, 2.45) is 0 Å². The third kappa shape index (κ3) is 3.55. The predicted octanol–water partition coefficient (Wildman–Crippen LogP) is 4.09. The number of aliphatic carboxylic acids is 1. The number of benzene rings is 2. The van der Waals surface area contributed by atoms with Crippen molar-refractivity contribution in [2.75, 3.05) is 13.7 Å². The second-order valence-corrected chi connectivity index (χ2v) is 7.08. The fraction of sp³-hybridized carbons (Fsp3) is 0.316. The Morgan fingerprint density at radius 1 is 1.32 bits per heavy atom. The summed E-state index contributed by atoms with van der Waals surface area (Å²) in [7, 11) is 1.65. The van der Waals surface area contributed by atoms with Gasteiger partial charge in [0.25, 0.3) is 0 Å². The average Bonchev–Trinajstić information content (AvgIpc) is 2.57. The van der Waals surface area contributed by atoms with Gasteiger partial charge < -0.3 is 9.84 Å². The van der Waals surface area contributed by atoms with Crippen LogP contribution in [0.4, 0.5) is 4.39 Å². The van der Waals surface area contributed by atoms with E-state index in [0.717, 1.165) is 23.3 Å². The molecule has 0 amide bonds. The molecular weight excluding hydrogens is 389 g/mol. The highest BCUT2D eigenvalue weighted by Crippen LogP contribution is 2.33. The van der Waals surface area contributed by atoms with Gasteiger partial charge in [0.15, 0.2) is 0 Å². The standard InChI is InChI=1S/C19H19BrFNO3/c1-11-7-14-10-22(6-5-12(14)9-17(11)25-2)18(19(23)24)13-3-4-16(21)15(20)8-13/h3-4,7-9,18H,5-6,10H2,1-2H3,(H,23,24). The monoisotopic (exact) mass is 407 g/mol. The van der Waals surface area contributed by atoms with Crippen molar-refractivity contribution in [3.8, 4) is 5.75 Å². The van der Waals surface area contributed by atoms with E-state index < -0.39 is 17.8 Å². The minimum Gasteiger partial charge on any atom is -0.496 e. The SMILES string of the molecule is COc1cc2c(cc1C)CN(C(C(=O)O)c1ccc(F)c(Br)c1)CC2. The molecule has 3 rings (SSSR count). The zero-order chi connectivity index (χ0) is 18.1. The molecule has 1 aliphatic heterocycles. The van der Waals surface area contributed by atoms with Gasteiger partial charge in [-0.05, 0) is 69.7 Å². The van der Waals surface area contributed by atoms with Crippen molar-refractivity contribution >= 4 is 21.9 Å². The molecule has 2 aromatic rings. The van der Waals surface area contributed by atoms with Crippen molar-refractivity contribution in [2.45, 2.75) is 25.9 Å². The summed E-state index contributed by atoms with van der Waals surface area (Å²) in [5, 5.41) is 9.75. The number of fused-ring (bicyclic) bond motifs is 1. The Morgan fingerprint density at radius 2 is 2.08 bits per heavy atom. The zero-order valence-corrected chi connectivity index (χ0v) is 15.6. The summed E-state index contributed by atoms with van der Waals surface area (Å²) in [6.45, 7) is 3.13. The Kier molecular flexibility index (Phi) is 5.11. The number of methoxy groups -OCH3 is 1. The minimum absolute atomic E-state index is 0.272. The van der Waals surface area contributed by atoms with E-state index in [9.17, 15) is 14.3 Å². The summed E-state index contributed by atoms with van der Waals surface area (Å²) in [5.41, 5.74) is 3.88. The number of carbonyl (C=O) groups is 1. The molecule has 2 aromatic carbocycles. The van der Waals surface area contributed by atoms with Gasteiger partial charge in [-0.1, -0.05) is 12.1 Å². The molecule has 0 saturated heterocycles. The van der Waals surface area contributed by atoms with E-state index >= 15 is 0 Å². The largest absolute Gasteiger partial charge is 0.496 e. The van der Waals surface area contributed by atoms with Crippen molar-refractivity contribution in [1.29, 1.82) is 0 Å². The van der Waals surface area contributed by atoms with Gasteiger partial charge in [-0.15, -0.1) is 0 Å². The molecule has 0 aliphatic carbocycles. The van der Waals surface area contributed by atoms with Crippen LogP contribution < -0.4 is 4.74 Å². The van der Waals surface area contributed by atoms with Gasteiger partial charge in [-0.3, -0.25) is 9.69 Å². The molecule has 1 atom stereocenters. The summed E-state index contributed by atoms with van der Waals surface area (Å²) >= 11 is 3.14. The van der Waals surface area contributed by atoms with Crippen LogP contribution in [-0.4, -0.2) is 29.6 Å². The first-order valence-electron chi connectivity index (χ1n) is 7.99.